The van der Waals surface area contributed by atoms with Crippen LogP contribution in [0, 0.1) is 18.3 Å². The minimum Gasteiger partial charge on any atom is -0.383 e. The average Bonchev–Trinajstić information content (AvgIpc) is 3.69. The summed E-state index contributed by atoms with van der Waals surface area (Å²) in [6.07, 6.45) is 5.26. The van der Waals surface area contributed by atoms with Crippen LogP contribution < -0.4 is 11.1 Å². The van der Waals surface area contributed by atoms with Gasteiger partial charge in [0.2, 0.25) is 5.82 Å². The molecule has 13 heteroatoms. The maximum atomic E-state index is 9.07. The molecule has 1 fully saturated rings. The summed E-state index contributed by atoms with van der Waals surface area (Å²) in [6, 6.07) is 20.3. The Hall–Kier alpha value is -5.74. The number of nitrogens with two attached hydrogens (primary N) is 1. The molecule has 1 aromatic carbocycles. The third-order valence-electron chi connectivity index (χ3n) is 8.00. The Labute approximate surface area is 286 Å². The second-order valence-electron chi connectivity index (χ2n) is 11.1. The number of aromatic nitrogens is 9. The van der Waals surface area contributed by atoms with Gasteiger partial charge >= 0.3 is 0 Å². The number of piperidine rings is 1. The van der Waals surface area contributed by atoms with Gasteiger partial charge in [-0.15, -0.1) is 0 Å². The van der Waals surface area contributed by atoms with Crippen molar-refractivity contribution in [3.63, 3.8) is 0 Å². The fourth-order valence-electron chi connectivity index (χ4n) is 5.81. The Kier molecular flexibility index (Phi) is 11.2. The summed E-state index contributed by atoms with van der Waals surface area (Å²) < 4.78 is 2.03. The molecule has 13 nitrogen and oxygen atoms in total. The Bertz CT molecular complexity index is 2030. The van der Waals surface area contributed by atoms with Crippen molar-refractivity contribution >= 4 is 22.8 Å². The third kappa shape index (κ3) is 7.71. The summed E-state index contributed by atoms with van der Waals surface area (Å²) in [7, 11) is 1.80. The van der Waals surface area contributed by atoms with E-state index in [2.05, 4.69) is 59.6 Å². The molecule has 1 saturated heterocycles. The molecule has 6 aromatic rings. The standard InChI is InChI=1S/C32H31N13.2C2H6/c1-20-29(42-43(2)41-20)25-9-10-26-32(38-25)45(31(39-26)24-4-3-14-36-30(24)34)23-7-5-21(6-8-23)19-44-16-12-22(13-17-44)37-27-11-15-35-28(18-33)40-27;2*1-2/h3-11,14-15,22H,12-13,16-17,19H2,1-2H3,(H2,34,36)(H,35,37,40);2*1-2H3. The summed E-state index contributed by atoms with van der Waals surface area (Å²) in [4.78, 5) is 26.5. The van der Waals surface area contributed by atoms with Crippen LogP contribution in [0.15, 0.2) is 67.0 Å². The predicted octanol–water partition coefficient (Wildman–Crippen LogP) is 5.96. The Morgan fingerprint density at radius 1 is 0.898 bits per heavy atom. The van der Waals surface area contributed by atoms with Gasteiger partial charge in [-0.3, -0.25) is 9.47 Å². The maximum absolute atomic E-state index is 9.07. The van der Waals surface area contributed by atoms with Gasteiger partial charge in [0, 0.05) is 50.8 Å². The van der Waals surface area contributed by atoms with Crippen molar-refractivity contribution < 1.29 is 0 Å². The minimum absolute atomic E-state index is 0.178. The zero-order valence-electron chi connectivity index (χ0n) is 29.0. The summed E-state index contributed by atoms with van der Waals surface area (Å²) in [5, 5.41) is 21.4. The summed E-state index contributed by atoms with van der Waals surface area (Å²) in [5.41, 5.74) is 12.9. The van der Waals surface area contributed by atoms with E-state index >= 15 is 0 Å². The number of imidazole rings is 1. The van der Waals surface area contributed by atoms with Gasteiger partial charge in [-0.2, -0.15) is 20.3 Å². The van der Waals surface area contributed by atoms with Crippen LogP contribution in [-0.2, 0) is 13.6 Å². The van der Waals surface area contributed by atoms with Crippen LogP contribution in [0.2, 0.25) is 0 Å². The van der Waals surface area contributed by atoms with E-state index in [9.17, 15) is 0 Å². The van der Waals surface area contributed by atoms with Crippen LogP contribution in [-0.4, -0.2) is 68.5 Å². The van der Waals surface area contributed by atoms with E-state index < -0.39 is 0 Å². The molecule has 0 saturated carbocycles. The first-order valence-electron chi connectivity index (χ1n) is 16.7. The number of hydrogen-bond donors (Lipinski definition) is 2. The van der Waals surface area contributed by atoms with E-state index in [0.29, 0.717) is 29.1 Å². The van der Waals surface area contributed by atoms with Crippen LogP contribution in [0.4, 0.5) is 11.6 Å². The second kappa shape index (κ2) is 15.9. The Balaban J connectivity index is 0.00000113. The van der Waals surface area contributed by atoms with Crippen molar-refractivity contribution in [3.8, 4) is 34.5 Å². The monoisotopic (exact) mass is 657 g/mol. The fourth-order valence-corrected chi connectivity index (χ4v) is 5.81. The first-order valence-corrected chi connectivity index (χ1v) is 16.7. The average molecular weight is 658 g/mol. The van der Waals surface area contributed by atoms with Crippen molar-refractivity contribution in [2.75, 3.05) is 24.1 Å². The molecule has 0 unspecified atom stereocenters. The number of nitrogens with one attached hydrogen (secondary N) is 1. The van der Waals surface area contributed by atoms with E-state index in [4.69, 9.17) is 21.0 Å². The molecule has 0 amide bonds. The molecule has 0 radical (unpaired) electrons. The lowest BCUT2D eigenvalue weighted by Crippen LogP contribution is -2.38. The van der Waals surface area contributed by atoms with Gasteiger partial charge in [-0.25, -0.2) is 24.9 Å². The van der Waals surface area contributed by atoms with Crippen molar-refractivity contribution in [2.24, 2.45) is 7.05 Å². The van der Waals surface area contributed by atoms with E-state index in [1.807, 2.05) is 69.5 Å². The Morgan fingerprint density at radius 2 is 1.65 bits per heavy atom. The third-order valence-corrected chi connectivity index (χ3v) is 8.00. The zero-order chi connectivity index (χ0) is 34.9. The lowest BCUT2D eigenvalue weighted by atomic mass is 10.0. The molecule has 0 aliphatic carbocycles. The molecule has 1 aliphatic heterocycles. The highest BCUT2D eigenvalue weighted by Gasteiger charge is 2.22. The quantitative estimate of drug-likeness (QED) is 0.208. The number of nitriles is 1. The number of benzene rings is 1. The highest BCUT2D eigenvalue weighted by Crippen LogP contribution is 2.32. The Morgan fingerprint density at radius 3 is 2.33 bits per heavy atom. The lowest BCUT2D eigenvalue weighted by molar-refractivity contribution is 0.211. The zero-order valence-corrected chi connectivity index (χ0v) is 29.0. The van der Waals surface area contributed by atoms with Gasteiger partial charge in [0.1, 0.15) is 28.9 Å². The molecule has 0 atom stereocenters. The number of aryl methyl sites for hydroxylation is 2. The highest BCUT2D eigenvalue weighted by atomic mass is 15.5. The molecule has 5 aromatic heterocycles. The molecule has 0 spiro atoms. The molecule has 0 bridgehead atoms. The van der Waals surface area contributed by atoms with Gasteiger partial charge in [-0.05, 0) is 67.8 Å². The highest BCUT2D eigenvalue weighted by molar-refractivity contribution is 5.84. The van der Waals surface area contributed by atoms with Crippen molar-refractivity contribution in [1.29, 1.82) is 5.26 Å². The number of anilines is 2. The summed E-state index contributed by atoms with van der Waals surface area (Å²) in [5.74, 6) is 1.95. The topological polar surface area (TPSA) is 165 Å². The minimum atomic E-state index is 0.178. The smallest absolute Gasteiger partial charge is 0.234 e. The number of hydrogen-bond acceptors (Lipinski definition) is 11. The van der Waals surface area contributed by atoms with Gasteiger partial charge in [0.25, 0.3) is 0 Å². The molecule has 3 N–H and O–H groups in total. The number of rotatable bonds is 7. The van der Waals surface area contributed by atoms with Crippen LogP contribution in [0.1, 0.15) is 57.6 Å². The van der Waals surface area contributed by atoms with Gasteiger partial charge in [-0.1, -0.05) is 39.8 Å². The normalized spacial score (nSPS) is 13.2. The molecular formula is C36H43N13. The van der Waals surface area contributed by atoms with E-state index in [1.54, 1.807) is 30.3 Å². The van der Waals surface area contributed by atoms with E-state index in [1.165, 1.54) is 5.56 Å². The largest absolute Gasteiger partial charge is 0.383 e. The number of nitrogens with zero attached hydrogens (tertiary/aromatic N) is 11. The van der Waals surface area contributed by atoms with Crippen molar-refractivity contribution in [1.82, 2.24) is 49.4 Å². The maximum Gasteiger partial charge on any atom is 0.234 e. The van der Waals surface area contributed by atoms with Gasteiger partial charge < -0.3 is 11.1 Å². The number of pyridine rings is 2. The number of nitrogen functional groups attached to an aromatic ring is 1. The predicted molar refractivity (Wildman–Crippen MR) is 193 cm³/mol. The lowest BCUT2D eigenvalue weighted by Gasteiger charge is -2.32. The van der Waals surface area contributed by atoms with Gasteiger partial charge in [0.15, 0.2) is 11.5 Å². The molecule has 252 valence electrons. The van der Waals surface area contributed by atoms with E-state index in [0.717, 1.165) is 66.3 Å². The first kappa shape index (κ1) is 34.6. The van der Waals surface area contributed by atoms with Crippen LogP contribution in [0.5, 0.6) is 0 Å². The van der Waals surface area contributed by atoms with E-state index in [-0.39, 0.29) is 5.82 Å². The van der Waals surface area contributed by atoms with Crippen LogP contribution in [0.25, 0.3) is 39.6 Å². The summed E-state index contributed by atoms with van der Waals surface area (Å²) in [6.45, 7) is 12.7. The second-order valence-corrected chi connectivity index (χ2v) is 11.1. The number of fused-ring (bicyclic) bond motifs is 1. The van der Waals surface area contributed by atoms with Gasteiger partial charge in [0.05, 0.1) is 17.0 Å². The number of likely N-dealkylation sites (tertiary alicyclic amines) is 1. The van der Waals surface area contributed by atoms with Crippen LogP contribution >= 0.6 is 0 Å². The fraction of sp³-hybridized carbons (Fsp3) is 0.333. The molecule has 49 heavy (non-hydrogen) atoms. The molecule has 7 rings (SSSR count). The van der Waals surface area contributed by atoms with Crippen molar-refractivity contribution in [3.05, 3.63) is 84.1 Å². The first-order chi connectivity index (χ1) is 23.9. The molecular weight excluding hydrogens is 614 g/mol. The SMILES string of the molecule is CC.CC.Cc1nn(C)nc1-c1ccc2nc(-c3cccnc3N)n(-c3ccc(CN4CCC(Nc5ccnc(C#N)n5)CC4)cc3)c2n1. The summed E-state index contributed by atoms with van der Waals surface area (Å²) >= 11 is 0. The molecule has 1 aliphatic rings. The van der Waals surface area contributed by atoms with Crippen molar-refractivity contribution in [2.45, 2.75) is 60.0 Å². The van der Waals surface area contributed by atoms with Crippen LogP contribution in [0.3, 0.4) is 0 Å². The molecule has 6 heterocycles.